The minimum Gasteiger partial charge on any atom is -0.351 e. The van der Waals surface area contributed by atoms with E-state index in [1.165, 1.54) is 116 Å². The van der Waals surface area contributed by atoms with Crippen LogP contribution in [0.4, 0.5) is 11.9 Å². The van der Waals surface area contributed by atoms with E-state index in [0.717, 1.165) is 23.9 Å². The summed E-state index contributed by atoms with van der Waals surface area (Å²) < 4.78 is 0. The monoisotopic (exact) mass is 489 g/mol. The number of nitrogens with one attached hydrogen (secondary N) is 1. The normalized spacial score (nSPS) is 24.9. The van der Waals surface area contributed by atoms with Gasteiger partial charge in [0.05, 0.1) is 5.71 Å². The first-order chi connectivity index (χ1) is 17.9. The summed E-state index contributed by atoms with van der Waals surface area (Å²) in [7, 11) is 0. The standard InChI is InChI=1S/C31H47N5/c1-2-4-9-15-21-26(20-14-8-3-1)29-34-30(32-27-22-16-10-5-6-11-17-23-27)36-31(35-29)33-28-24-18-12-7-13-19-25-28/h7,12,18-19,24-27H,1-6,8-11,13-17,20-23H2,(H,32,34,35,36)/b12-7-,24-18-,25-19?,33-28?. The number of nitrogens with zero attached hydrogens (tertiary/aromatic N) is 4. The van der Waals surface area contributed by atoms with E-state index < -0.39 is 0 Å². The van der Waals surface area contributed by atoms with Crippen LogP contribution < -0.4 is 5.32 Å². The number of anilines is 1. The third-order valence-corrected chi connectivity index (χ3v) is 7.85. The van der Waals surface area contributed by atoms with Crippen molar-refractivity contribution in [2.24, 2.45) is 4.99 Å². The van der Waals surface area contributed by atoms with E-state index in [1.54, 1.807) is 0 Å². The lowest BCUT2D eigenvalue weighted by Gasteiger charge is -2.20. The van der Waals surface area contributed by atoms with Crippen molar-refractivity contribution in [2.75, 3.05) is 5.32 Å². The molecule has 5 heteroatoms. The molecule has 2 fully saturated rings. The molecular weight excluding hydrogens is 442 g/mol. The van der Waals surface area contributed by atoms with Crippen molar-refractivity contribution in [1.82, 2.24) is 15.0 Å². The van der Waals surface area contributed by atoms with E-state index in [4.69, 9.17) is 19.9 Å². The number of aliphatic imine (C=N–C) groups is 1. The molecule has 0 bridgehead atoms. The minimum absolute atomic E-state index is 0.400. The Morgan fingerprint density at radius 2 is 1.22 bits per heavy atom. The predicted octanol–water partition coefficient (Wildman–Crippen LogP) is 8.93. The van der Waals surface area contributed by atoms with Crippen molar-refractivity contribution in [1.29, 1.82) is 0 Å². The Hall–Kier alpha value is -2.30. The average Bonchev–Trinajstić information content (AvgIpc) is 2.94. The van der Waals surface area contributed by atoms with Crippen molar-refractivity contribution in [3.8, 4) is 0 Å². The third kappa shape index (κ3) is 9.63. The maximum absolute atomic E-state index is 5.06. The van der Waals surface area contributed by atoms with Crippen LogP contribution in [-0.2, 0) is 0 Å². The molecule has 36 heavy (non-hydrogen) atoms. The summed E-state index contributed by atoms with van der Waals surface area (Å²) in [6, 6.07) is 0.442. The number of rotatable bonds is 4. The van der Waals surface area contributed by atoms with Gasteiger partial charge in [-0.05, 0) is 44.3 Å². The lowest BCUT2D eigenvalue weighted by atomic mass is 9.94. The van der Waals surface area contributed by atoms with Gasteiger partial charge >= 0.3 is 0 Å². The summed E-state index contributed by atoms with van der Waals surface area (Å²) in [4.78, 5) is 19.7. The second-order valence-corrected chi connectivity index (χ2v) is 10.9. The predicted molar refractivity (Wildman–Crippen MR) is 152 cm³/mol. The molecule has 3 aliphatic carbocycles. The molecule has 4 rings (SSSR count). The molecule has 0 radical (unpaired) electrons. The first-order valence-corrected chi connectivity index (χ1v) is 15.0. The van der Waals surface area contributed by atoms with E-state index in [2.05, 4.69) is 29.6 Å². The third-order valence-electron chi connectivity index (χ3n) is 7.85. The Kier molecular flexibility index (Phi) is 11.7. The van der Waals surface area contributed by atoms with E-state index in [9.17, 15) is 0 Å². The zero-order chi connectivity index (χ0) is 24.7. The number of hydrogen-bond donors (Lipinski definition) is 1. The fraction of sp³-hybridized carbons (Fsp3) is 0.677. The van der Waals surface area contributed by atoms with Crippen molar-refractivity contribution in [3.63, 3.8) is 0 Å². The lowest BCUT2D eigenvalue weighted by molar-refractivity contribution is 0.492. The molecule has 3 aliphatic rings. The number of aromatic nitrogens is 3. The van der Waals surface area contributed by atoms with Crippen LogP contribution >= 0.6 is 0 Å². The highest BCUT2D eigenvalue weighted by molar-refractivity contribution is 6.05. The summed E-state index contributed by atoms with van der Waals surface area (Å²) in [5, 5.41) is 3.74. The smallest absolute Gasteiger partial charge is 0.254 e. The Bertz CT molecular complexity index is 878. The number of allylic oxidation sites excluding steroid dienone is 6. The fourth-order valence-corrected chi connectivity index (χ4v) is 5.71. The van der Waals surface area contributed by atoms with Crippen molar-refractivity contribution in [2.45, 2.75) is 134 Å². The first kappa shape index (κ1) is 26.8. The van der Waals surface area contributed by atoms with Gasteiger partial charge in [-0.25, -0.2) is 4.99 Å². The molecule has 1 N–H and O–H groups in total. The largest absolute Gasteiger partial charge is 0.351 e. The highest BCUT2D eigenvalue weighted by Crippen LogP contribution is 2.30. The highest BCUT2D eigenvalue weighted by atomic mass is 15.2. The summed E-state index contributed by atoms with van der Waals surface area (Å²) in [5.41, 5.74) is 0.896. The Morgan fingerprint density at radius 3 is 1.89 bits per heavy atom. The van der Waals surface area contributed by atoms with Crippen LogP contribution in [0, 0.1) is 0 Å². The molecule has 0 aliphatic heterocycles. The van der Waals surface area contributed by atoms with Gasteiger partial charge in [0.2, 0.25) is 5.95 Å². The van der Waals surface area contributed by atoms with Crippen LogP contribution in [0.1, 0.15) is 134 Å². The average molecular weight is 490 g/mol. The zero-order valence-corrected chi connectivity index (χ0v) is 22.3. The molecule has 0 unspecified atom stereocenters. The molecule has 196 valence electrons. The molecular formula is C31H47N5. The summed E-state index contributed by atoms with van der Waals surface area (Å²) in [5.74, 6) is 2.63. The number of hydrogen-bond acceptors (Lipinski definition) is 5. The lowest BCUT2D eigenvalue weighted by Crippen LogP contribution is -2.22. The van der Waals surface area contributed by atoms with E-state index in [0.29, 0.717) is 17.9 Å². The van der Waals surface area contributed by atoms with Crippen LogP contribution in [0.15, 0.2) is 41.4 Å². The van der Waals surface area contributed by atoms with E-state index >= 15 is 0 Å². The topological polar surface area (TPSA) is 63.1 Å². The van der Waals surface area contributed by atoms with Crippen molar-refractivity contribution in [3.05, 3.63) is 42.3 Å². The summed E-state index contributed by atoms with van der Waals surface area (Å²) in [6.07, 6.45) is 36.9. The van der Waals surface area contributed by atoms with Gasteiger partial charge in [0.1, 0.15) is 5.82 Å². The maximum atomic E-state index is 5.06. The maximum Gasteiger partial charge on any atom is 0.254 e. The quantitative estimate of drug-likeness (QED) is 0.458. The van der Waals surface area contributed by atoms with E-state index in [-0.39, 0.29) is 0 Å². The molecule has 2 saturated carbocycles. The molecule has 0 atom stereocenters. The summed E-state index contributed by atoms with van der Waals surface area (Å²) in [6.45, 7) is 0. The van der Waals surface area contributed by atoms with Gasteiger partial charge < -0.3 is 5.32 Å². The van der Waals surface area contributed by atoms with Gasteiger partial charge in [-0.2, -0.15) is 15.0 Å². The fourth-order valence-electron chi connectivity index (χ4n) is 5.71. The van der Waals surface area contributed by atoms with Crippen molar-refractivity contribution < 1.29 is 0 Å². The molecule has 0 spiro atoms. The molecule has 5 nitrogen and oxygen atoms in total. The Balaban J connectivity index is 1.59. The zero-order valence-electron chi connectivity index (χ0n) is 22.3. The first-order valence-electron chi connectivity index (χ1n) is 15.0. The van der Waals surface area contributed by atoms with Gasteiger partial charge in [-0.3, -0.25) is 0 Å². The van der Waals surface area contributed by atoms with Gasteiger partial charge in [0.25, 0.3) is 5.95 Å². The molecule has 1 aromatic rings. The van der Waals surface area contributed by atoms with E-state index in [1.807, 2.05) is 12.2 Å². The minimum atomic E-state index is 0.400. The van der Waals surface area contributed by atoms with Gasteiger partial charge in [0, 0.05) is 12.0 Å². The second-order valence-electron chi connectivity index (χ2n) is 10.9. The second kappa shape index (κ2) is 15.7. The summed E-state index contributed by atoms with van der Waals surface area (Å²) >= 11 is 0. The molecule has 0 saturated heterocycles. The van der Waals surface area contributed by atoms with Crippen LogP contribution in [0.5, 0.6) is 0 Å². The van der Waals surface area contributed by atoms with Gasteiger partial charge in [-0.1, -0.05) is 114 Å². The molecule has 0 amide bonds. The molecule has 1 heterocycles. The molecule has 0 aromatic carbocycles. The van der Waals surface area contributed by atoms with Crippen LogP contribution in [0.3, 0.4) is 0 Å². The van der Waals surface area contributed by atoms with Crippen LogP contribution in [0.2, 0.25) is 0 Å². The van der Waals surface area contributed by atoms with Gasteiger partial charge in [-0.15, -0.1) is 0 Å². The Labute approximate surface area is 219 Å². The molecule has 1 aromatic heterocycles. The van der Waals surface area contributed by atoms with Crippen molar-refractivity contribution >= 4 is 17.6 Å². The SMILES string of the molecule is C1=CC(=Nc2nc(NC3CCCCCCCC3)nc(C3CCCCCCCCCC3)n2)/C=C\C=C/C1. The van der Waals surface area contributed by atoms with Gasteiger partial charge in [0.15, 0.2) is 0 Å². The van der Waals surface area contributed by atoms with Crippen LogP contribution in [-0.4, -0.2) is 26.7 Å². The Morgan fingerprint density at radius 1 is 0.611 bits per heavy atom. The van der Waals surface area contributed by atoms with Crippen LogP contribution in [0.25, 0.3) is 0 Å². The highest BCUT2D eigenvalue weighted by Gasteiger charge is 2.20.